The van der Waals surface area contributed by atoms with Crippen LogP contribution in [-0.2, 0) is 16.0 Å². The Morgan fingerprint density at radius 2 is 1.58 bits per heavy atom. The summed E-state index contributed by atoms with van der Waals surface area (Å²) in [6.45, 7) is 0. The summed E-state index contributed by atoms with van der Waals surface area (Å²) in [6.07, 6.45) is -0.0866. The number of aromatic hydroxyl groups is 1. The first-order chi connectivity index (χ1) is 11.4. The number of nitrogens with one attached hydrogen (secondary N) is 1. The maximum atomic E-state index is 12.3. The second kappa shape index (κ2) is 7.28. The number of aromatic carboxylic acids is 1. The van der Waals surface area contributed by atoms with Crippen LogP contribution in [0.2, 0.25) is 0 Å². The topological polar surface area (TPSA) is 124 Å². The molecule has 1 unspecified atom stereocenters. The minimum atomic E-state index is -1.39. The molecule has 0 aliphatic heterocycles. The van der Waals surface area contributed by atoms with Crippen molar-refractivity contribution in [2.75, 3.05) is 5.32 Å². The molecule has 2 aromatic carbocycles. The molecule has 0 saturated heterocycles. The van der Waals surface area contributed by atoms with Crippen LogP contribution in [0.25, 0.3) is 0 Å². The molecule has 4 N–H and O–H groups in total. The normalized spacial score (nSPS) is 11.5. The molecule has 1 atom stereocenters. The van der Waals surface area contributed by atoms with Crippen LogP contribution in [0.4, 0.5) is 5.69 Å². The number of phenolic OH excluding ortho intramolecular Hbond substituents is 1. The molecule has 2 aromatic rings. The Morgan fingerprint density at radius 3 is 2.17 bits per heavy atom. The molecule has 7 nitrogen and oxygen atoms in total. The Balaban J connectivity index is 2.19. The first-order valence-electron chi connectivity index (χ1n) is 7.02. The van der Waals surface area contributed by atoms with E-state index in [4.69, 9.17) is 5.11 Å². The fourth-order valence-corrected chi connectivity index (χ4v) is 2.16. The van der Waals surface area contributed by atoms with E-state index in [-0.39, 0.29) is 23.4 Å². The van der Waals surface area contributed by atoms with Gasteiger partial charge in [0.05, 0.1) is 11.3 Å². The van der Waals surface area contributed by atoms with E-state index < -0.39 is 23.8 Å². The lowest BCUT2D eigenvalue weighted by Crippen LogP contribution is -2.31. The van der Waals surface area contributed by atoms with E-state index >= 15 is 0 Å². The van der Waals surface area contributed by atoms with E-state index in [1.807, 2.05) is 0 Å². The van der Waals surface area contributed by atoms with E-state index in [2.05, 4.69) is 5.32 Å². The molecule has 1 amide bonds. The van der Waals surface area contributed by atoms with Crippen LogP contribution in [0, 0.1) is 5.92 Å². The molecular formula is C17H15NO6. The number of carbonyl (C=O) groups excluding carboxylic acids is 1. The third-order valence-corrected chi connectivity index (χ3v) is 3.41. The Labute approximate surface area is 137 Å². The SMILES string of the molecule is O=C(O)c1ccccc1NC(=O)C(Cc1ccc(O)cc1)C(=O)O. The van der Waals surface area contributed by atoms with E-state index in [1.165, 1.54) is 48.5 Å². The number of carboxylic acid groups (broad SMARTS) is 2. The standard InChI is InChI=1S/C17H15NO6/c19-11-7-5-10(6-8-11)9-13(17(23)24)15(20)18-14-4-2-1-3-12(14)16(21)22/h1-8,13,19H,9H2,(H,18,20)(H,21,22)(H,23,24). The second-order valence-electron chi connectivity index (χ2n) is 5.10. The van der Waals surface area contributed by atoms with Gasteiger partial charge in [0.1, 0.15) is 11.7 Å². The number of carbonyl (C=O) groups is 3. The summed E-state index contributed by atoms with van der Waals surface area (Å²) < 4.78 is 0. The van der Waals surface area contributed by atoms with Gasteiger partial charge in [-0.05, 0) is 36.2 Å². The number of benzene rings is 2. The highest BCUT2D eigenvalue weighted by Gasteiger charge is 2.27. The largest absolute Gasteiger partial charge is 0.508 e. The Bertz CT molecular complexity index is 769. The van der Waals surface area contributed by atoms with Gasteiger partial charge >= 0.3 is 11.9 Å². The fourth-order valence-electron chi connectivity index (χ4n) is 2.16. The lowest BCUT2D eigenvalue weighted by Gasteiger charge is -2.14. The quantitative estimate of drug-likeness (QED) is 0.601. The number of para-hydroxylation sites is 1. The van der Waals surface area contributed by atoms with Crippen LogP contribution in [0.3, 0.4) is 0 Å². The van der Waals surface area contributed by atoms with Crippen molar-refractivity contribution in [3.63, 3.8) is 0 Å². The Morgan fingerprint density at radius 1 is 0.958 bits per heavy atom. The lowest BCUT2D eigenvalue weighted by molar-refractivity contribution is -0.145. The van der Waals surface area contributed by atoms with Crippen molar-refractivity contribution in [1.82, 2.24) is 0 Å². The predicted octanol–water partition coefficient (Wildman–Crippen LogP) is 1.97. The van der Waals surface area contributed by atoms with Crippen molar-refractivity contribution in [2.45, 2.75) is 6.42 Å². The van der Waals surface area contributed by atoms with Gasteiger partial charge in [0.25, 0.3) is 0 Å². The number of phenols is 1. The molecule has 0 radical (unpaired) electrons. The van der Waals surface area contributed by atoms with Crippen molar-refractivity contribution in [3.8, 4) is 5.75 Å². The number of anilines is 1. The zero-order valence-electron chi connectivity index (χ0n) is 12.5. The van der Waals surface area contributed by atoms with Crippen LogP contribution >= 0.6 is 0 Å². The second-order valence-corrected chi connectivity index (χ2v) is 5.10. The number of rotatable bonds is 6. The smallest absolute Gasteiger partial charge is 0.337 e. The summed E-state index contributed by atoms with van der Waals surface area (Å²) in [5.74, 6) is -4.73. The Kier molecular flexibility index (Phi) is 5.16. The van der Waals surface area contributed by atoms with E-state index in [9.17, 15) is 24.6 Å². The van der Waals surface area contributed by atoms with Gasteiger partial charge in [-0.15, -0.1) is 0 Å². The third kappa shape index (κ3) is 4.10. The van der Waals surface area contributed by atoms with Crippen LogP contribution in [0.1, 0.15) is 15.9 Å². The summed E-state index contributed by atoms with van der Waals surface area (Å²) in [5, 5.41) is 30.0. The highest BCUT2D eigenvalue weighted by atomic mass is 16.4. The molecule has 124 valence electrons. The van der Waals surface area contributed by atoms with Gasteiger partial charge in [0.15, 0.2) is 0 Å². The van der Waals surface area contributed by atoms with Crippen LogP contribution in [-0.4, -0.2) is 33.2 Å². The summed E-state index contributed by atoms with van der Waals surface area (Å²) in [7, 11) is 0. The number of amides is 1. The van der Waals surface area contributed by atoms with Crippen molar-refractivity contribution >= 4 is 23.5 Å². The first-order valence-corrected chi connectivity index (χ1v) is 7.02. The average Bonchev–Trinajstić information content (AvgIpc) is 2.54. The van der Waals surface area contributed by atoms with E-state index in [0.717, 1.165) is 0 Å². The summed E-state index contributed by atoms with van der Waals surface area (Å²) in [5.41, 5.74) is 0.466. The molecule has 0 saturated carbocycles. The maximum Gasteiger partial charge on any atom is 0.337 e. The van der Waals surface area contributed by atoms with Crippen molar-refractivity contribution in [1.29, 1.82) is 0 Å². The van der Waals surface area contributed by atoms with Gasteiger partial charge in [-0.25, -0.2) is 4.79 Å². The monoisotopic (exact) mass is 329 g/mol. The summed E-state index contributed by atoms with van der Waals surface area (Å²) in [4.78, 5) is 34.8. The zero-order chi connectivity index (χ0) is 17.7. The molecule has 0 fully saturated rings. The van der Waals surface area contributed by atoms with Crippen molar-refractivity contribution < 1.29 is 29.7 Å². The third-order valence-electron chi connectivity index (χ3n) is 3.41. The minimum Gasteiger partial charge on any atom is -0.508 e. The van der Waals surface area contributed by atoms with Crippen molar-refractivity contribution in [2.24, 2.45) is 5.92 Å². The molecular weight excluding hydrogens is 314 g/mol. The first kappa shape index (κ1) is 17.0. The van der Waals surface area contributed by atoms with Crippen LogP contribution < -0.4 is 5.32 Å². The van der Waals surface area contributed by atoms with Crippen molar-refractivity contribution in [3.05, 3.63) is 59.7 Å². The molecule has 0 aromatic heterocycles. The van der Waals surface area contributed by atoms with Gasteiger partial charge in [0.2, 0.25) is 5.91 Å². The lowest BCUT2D eigenvalue weighted by atomic mass is 9.98. The molecule has 0 spiro atoms. The van der Waals surface area contributed by atoms with E-state index in [1.54, 1.807) is 0 Å². The molecule has 0 aliphatic rings. The van der Waals surface area contributed by atoms with Gasteiger partial charge in [0, 0.05) is 0 Å². The number of hydrogen-bond acceptors (Lipinski definition) is 4. The maximum absolute atomic E-state index is 12.3. The number of aliphatic carboxylic acids is 1. The van der Waals surface area contributed by atoms with Crippen LogP contribution in [0.5, 0.6) is 5.75 Å². The number of hydrogen-bond donors (Lipinski definition) is 4. The Hall–Kier alpha value is -3.35. The molecule has 2 rings (SSSR count). The van der Waals surface area contributed by atoms with Gasteiger partial charge < -0.3 is 20.6 Å². The highest BCUT2D eigenvalue weighted by molar-refractivity contribution is 6.07. The van der Waals surface area contributed by atoms with Gasteiger partial charge in [-0.2, -0.15) is 0 Å². The van der Waals surface area contributed by atoms with Gasteiger partial charge in [-0.1, -0.05) is 24.3 Å². The highest BCUT2D eigenvalue weighted by Crippen LogP contribution is 2.19. The summed E-state index contributed by atoms with van der Waals surface area (Å²) in [6, 6.07) is 11.6. The number of carboxylic acids is 2. The molecule has 24 heavy (non-hydrogen) atoms. The van der Waals surface area contributed by atoms with Crippen LogP contribution in [0.15, 0.2) is 48.5 Å². The average molecular weight is 329 g/mol. The van der Waals surface area contributed by atoms with E-state index in [0.29, 0.717) is 5.56 Å². The minimum absolute atomic E-state index is 0.0328. The summed E-state index contributed by atoms with van der Waals surface area (Å²) >= 11 is 0. The molecule has 0 heterocycles. The molecule has 0 aliphatic carbocycles. The van der Waals surface area contributed by atoms with Gasteiger partial charge in [-0.3, -0.25) is 9.59 Å². The molecule has 0 bridgehead atoms. The zero-order valence-corrected chi connectivity index (χ0v) is 12.5. The predicted molar refractivity (Wildman–Crippen MR) is 85.0 cm³/mol. The fraction of sp³-hybridized carbons (Fsp3) is 0.118. The molecule has 7 heteroatoms.